The van der Waals surface area contributed by atoms with Crippen molar-refractivity contribution in [1.82, 2.24) is 15.2 Å². The summed E-state index contributed by atoms with van der Waals surface area (Å²) in [6.45, 7) is 0.193. The second-order valence-corrected chi connectivity index (χ2v) is 13.4. The topological polar surface area (TPSA) is 89.3 Å². The highest BCUT2D eigenvalue weighted by Crippen LogP contribution is 3.02. The molecule has 3 aliphatic rings. The van der Waals surface area contributed by atoms with Crippen molar-refractivity contribution in [1.29, 1.82) is 5.26 Å². The quantitative estimate of drug-likeness (QED) is 0.278. The lowest BCUT2D eigenvalue weighted by molar-refractivity contribution is -0.130. The van der Waals surface area contributed by atoms with Gasteiger partial charge in [0.1, 0.15) is 22.3 Å². The van der Waals surface area contributed by atoms with Crippen LogP contribution in [0.2, 0.25) is 0 Å². The number of alkyl halides is 2. The smallest absolute Gasteiger partial charge is 0.310 e. The third kappa shape index (κ3) is 5.58. The molecule has 0 spiro atoms. The molecule has 2 aromatic rings. The highest BCUT2D eigenvalue weighted by Gasteiger charge is 2.69. The van der Waals surface area contributed by atoms with Gasteiger partial charge < -0.3 is 5.32 Å². The number of hydrogen-bond donors (Lipinski definition) is 1. The van der Waals surface area contributed by atoms with Crippen molar-refractivity contribution in [2.24, 2.45) is 5.92 Å². The predicted molar refractivity (Wildman–Crippen MR) is 135 cm³/mol. The van der Waals surface area contributed by atoms with E-state index in [0.29, 0.717) is 18.6 Å². The van der Waals surface area contributed by atoms with Crippen LogP contribution in [0.1, 0.15) is 50.1 Å². The minimum absolute atomic E-state index is 0.0813. The van der Waals surface area contributed by atoms with Crippen molar-refractivity contribution >= 4 is 27.7 Å². The zero-order chi connectivity index (χ0) is 30.8. The number of nitrogens with one attached hydrogen (secondary N) is 1. The number of pyridine rings is 1. The first-order chi connectivity index (χ1) is 19.3. The molecule has 1 aromatic carbocycles. The van der Waals surface area contributed by atoms with E-state index in [1.54, 1.807) is 0 Å². The molecule has 1 aliphatic heterocycles. The number of nitrogens with zero attached hydrogens (tertiary/aromatic N) is 4. The van der Waals surface area contributed by atoms with Crippen LogP contribution in [0.4, 0.5) is 38.3 Å². The zero-order valence-electron chi connectivity index (χ0n) is 21.8. The Balaban J connectivity index is 1.61. The van der Waals surface area contributed by atoms with Gasteiger partial charge in [0.25, 0.3) is 5.91 Å². The highest BCUT2D eigenvalue weighted by atomic mass is 32.5. The van der Waals surface area contributed by atoms with Gasteiger partial charge in [-0.15, -0.1) is 0 Å². The van der Waals surface area contributed by atoms with Crippen LogP contribution in [0.3, 0.4) is 0 Å². The molecule has 3 fully saturated rings. The Bertz CT molecular complexity index is 1460. The normalized spacial score (nSPS) is 25.8. The van der Waals surface area contributed by atoms with Crippen molar-refractivity contribution in [3.8, 4) is 6.19 Å². The van der Waals surface area contributed by atoms with E-state index in [2.05, 4.69) is 10.3 Å². The molecule has 3 atom stereocenters. The number of carbonyl (C=O) groups excluding carboxylic acids is 2. The molecule has 1 saturated heterocycles. The van der Waals surface area contributed by atoms with Gasteiger partial charge in [-0.1, -0.05) is 19.4 Å². The van der Waals surface area contributed by atoms with Crippen LogP contribution in [-0.4, -0.2) is 45.7 Å². The maximum Gasteiger partial charge on any atom is 0.310 e. The number of rotatable bonds is 7. The SMILES string of the molecule is N#CN1CCC2C[C@]21C(=O)N(c1ccc(S(F)(F)(F)(F)F)cc1)C(C(=O)NC1CCC(F)(F)CC1)c1cncc(F)c1. The number of hydrogen-bond acceptors (Lipinski definition) is 5. The number of halogens is 8. The van der Waals surface area contributed by atoms with Crippen molar-refractivity contribution < 1.29 is 42.2 Å². The highest BCUT2D eigenvalue weighted by molar-refractivity contribution is 8.45. The van der Waals surface area contributed by atoms with Gasteiger partial charge in [-0.2, -0.15) is 5.26 Å². The lowest BCUT2D eigenvalue weighted by atomic mass is 9.91. The molecular formula is C26H25F8N5O2S. The number of anilines is 1. The Labute approximate surface area is 235 Å². The van der Waals surface area contributed by atoms with Crippen LogP contribution in [0.25, 0.3) is 0 Å². The second-order valence-electron chi connectivity index (χ2n) is 11.0. The van der Waals surface area contributed by atoms with E-state index in [1.807, 2.05) is 6.19 Å². The first kappa shape index (κ1) is 29.9. The van der Waals surface area contributed by atoms with Crippen LogP contribution in [0.5, 0.6) is 0 Å². The monoisotopic (exact) mass is 623 g/mol. The summed E-state index contributed by atoms with van der Waals surface area (Å²) < 4.78 is 109. The summed E-state index contributed by atoms with van der Waals surface area (Å²) in [6, 6.07) is -0.337. The van der Waals surface area contributed by atoms with Crippen molar-refractivity contribution in [3.05, 3.63) is 54.1 Å². The molecule has 0 radical (unpaired) electrons. The van der Waals surface area contributed by atoms with Crippen LogP contribution in [-0.2, 0) is 9.59 Å². The number of amides is 2. The Morgan fingerprint density at radius 1 is 1.07 bits per heavy atom. The number of benzene rings is 1. The number of carbonyl (C=O) groups is 2. The summed E-state index contributed by atoms with van der Waals surface area (Å²) in [5.74, 6) is -6.04. The Morgan fingerprint density at radius 3 is 2.26 bits per heavy atom. The molecule has 5 rings (SSSR count). The molecule has 42 heavy (non-hydrogen) atoms. The van der Waals surface area contributed by atoms with Crippen LogP contribution >= 0.6 is 10.2 Å². The van der Waals surface area contributed by atoms with Crippen molar-refractivity contribution in [2.45, 2.75) is 67.0 Å². The van der Waals surface area contributed by atoms with E-state index >= 15 is 0 Å². The van der Waals surface area contributed by atoms with Gasteiger partial charge in [0.05, 0.1) is 6.20 Å². The lowest BCUT2D eigenvalue weighted by Crippen LogP contribution is -2.54. The summed E-state index contributed by atoms with van der Waals surface area (Å²) in [6.07, 6.45) is 3.11. The largest absolute Gasteiger partial charge is 0.351 e. The fourth-order valence-electron chi connectivity index (χ4n) is 5.91. The maximum atomic E-state index is 14.3. The molecule has 2 saturated carbocycles. The van der Waals surface area contributed by atoms with Crippen molar-refractivity contribution in [2.75, 3.05) is 11.4 Å². The second kappa shape index (κ2) is 9.19. The summed E-state index contributed by atoms with van der Waals surface area (Å²) >= 11 is 0. The summed E-state index contributed by atoms with van der Waals surface area (Å²) in [4.78, 5) is 31.5. The molecule has 2 heterocycles. The Kier molecular flexibility index (Phi) is 6.54. The van der Waals surface area contributed by atoms with Crippen LogP contribution in [0, 0.1) is 23.2 Å². The molecule has 16 heteroatoms. The van der Waals surface area contributed by atoms with Gasteiger partial charge in [0.15, 0.2) is 6.19 Å². The average Bonchev–Trinajstić information content (AvgIpc) is 3.52. The maximum absolute atomic E-state index is 14.3. The number of likely N-dealkylation sites (tertiary alicyclic amines) is 1. The van der Waals surface area contributed by atoms with Gasteiger partial charge in [0.2, 0.25) is 11.8 Å². The molecular weight excluding hydrogens is 598 g/mol. The fraction of sp³-hybridized carbons (Fsp3) is 0.462. The van der Waals surface area contributed by atoms with E-state index in [9.17, 15) is 47.5 Å². The summed E-state index contributed by atoms with van der Waals surface area (Å²) in [7, 11) is -10.1. The number of nitriles is 1. The minimum atomic E-state index is -10.1. The van der Waals surface area contributed by atoms with E-state index < -0.39 is 74.8 Å². The van der Waals surface area contributed by atoms with E-state index in [0.717, 1.165) is 23.4 Å². The van der Waals surface area contributed by atoms with Gasteiger partial charge in [-0.05, 0) is 61.9 Å². The zero-order valence-corrected chi connectivity index (χ0v) is 22.6. The molecule has 7 nitrogen and oxygen atoms in total. The summed E-state index contributed by atoms with van der Waals surface area (Å²) in [5.41, 5.74) is -2.07. The van der Waals surface area contributed by atoms with Crippen molar-refractivity contribution in [3.63, 3.8) is 0 Å². The van der Waals surface area contributed by atoms with Gasteiger partial charge in [0, 0.05) is 42.9 Å². The van der Waals surface area contributed by atoms with E-state index in [-0.39, 0.29) is 49.4 Å². The third-order valence-corrected chi connectivity index (χ3v) is 9.30. The van der Waals surface area contributed by atoms with Gasteiger partial charge >= 0.3 is 10.2 Å². The van der Waals surface area contributed by atoms with Crippen LogP contribution in [0.15, 0.2) is 47.6 Å². The summed E-state index contributed by atoms with van der Waals surface area (Å²) in [5, 5.41) is 12.3. The van der Waals surface area contributed by atoms with Crippen LogP contribution < -0.4 is 10.2 Å². The molecule has 1 aromatic heterocycles. The van der Waals surface area contributed by atoms with Gasteiger partial charge in [-0.25, -0.2) is 13.2 Å². The first-order valence-corrected chi connectivity index (χ1v) is 14.9. The third-order valence-electron chi connectivity index (χ3n) is 8.14. The Hall–Kier alpha value is -3.61. The molecule has 0 bridgehead atoms. The average molecular weight is 624 g/mol. The standard InChI is InChI=1S/C26H25F8N5O2S/c27-18-11-16(13-36-14-18)22(23(40)37-19-5-8-25(28,29)9-6-19)39(24(41)26-12-17(26)7-10-38(26)15-35)20-1-3-21(4-2-20)42(30,31,32,33)34/h1-4,11,13-14,17,19,22H,5-10,12H2,(H,37,40)/t17?,22?,26-/m1/s1. The minimum Gasteiger partial charge on any atom is -0.351 e. The lowest BCUT2D eigenvalue weighted by Gasteiger charge is -2.41. The number of piperidine rings is 1. The van der Waals surface area contributed by atoms with Gasteiger partial charge in [-0.3, -0.25) is 24.4 Å². The molecule has 2 amide bonds. The van der Waals surface area contributed by atoms with E-state index in [4.69, 9.17) is 0 Å². The number of fused-ring (bicyclic) bond motifs is 1. The molecule has 228 valence electrons. The molecule has 2 aliphatic carbocycles. The molecule has 2 unspecified atom stereocenters. The fourth-order valence-corrected chi connectivity index (χ4v) is 6.56. The number of aromatic nitrogens is 1. The predicted octanol–water partition coefficient (Wildman–Crippen LogP) is 6.59. The first-order valence-electron chi connectivity index (χ1n) is 13.0. The van der Waals surface area contributed by atoms with E-state index in [1.165, 1.54) is 4.90 Å². The Morgan fingerprint density at radius 2 is 1.71 bits per heavy atom. The molecule has 1 N–H and O–H groups in total.